The first-order chi connectivity index (χ1) is 12.7. The van der Waals surface area contributed by atoms with Crippen LogP contribution in [0.4, 0.5) is 10.1 Å². The molecule has 0 saturated heterocycles. The van der Waals surface area contributed by atoms with Crippen LogP contribution in [0.1, 0.15) is 48.7 Å². The molecule has 0 aliphatic carbocycles. The van der Waals surface area contributed by atoms with Crippen molar-refractivity contribution in [2.24, 2.45) is 0 Å². The summed E-state index contributed by atoms with van der Waals surface area (Å²) in [6, 6.07) is 6.35. The summed E-state index contributed by atoms with van der Waals surface area (Å²) in [6.45, 7) is 4.90. The number of Topliss-reactive ketones (excluding diaryl/α,β-unsaturated/α-hetero) is 1. The summed E-state index contributed by atoms with van der Waals surface area (Å²) in [5, 5.41) is 9.80. The van der Waals surface area contributed by atoms with Gasteiger partial charge >= 0.3 is 0 Å². The number of aryl methyl sites for hydroxylation is 2. The van der Waals surface area contributed by atoms with Gasteiger partial charge in [0.25, 0.3) is 10.0 Å². The van der Waals surface area contributed by atoms with Crippen LogP contribution in [0.2, 0.25) is 0 Å². The van der Waals surface area contributed by atoms with Crippen molar-refractivity contribution in [1.82, 2.24) is 0 Å². The minimum atomic E-state index is -4.11. The van der Waals surface area contributed by atoms with Gasteiger partial charge in [0.1, 0.15) is 11.6 Å². The lowest BCUT2D eigenvalue weighted by Crippen LogP contribution is -2.42. The van der Waals surface area contributed by atoms with E-state index in [2.05, 4.69) is 0 Å². The second-order valence-electron chi connectivity index (χ2n) is 6.86. The van der Waals surface area contributed by atoms with Crippen molar-refractivity contribution >= 4 is 21.5 Å². The molecule has 7 heteroatoms. The molecule has 0 aromatic heterocycles. The maximum Gasteiger partial charge on any atom is 0.264 e. The van der Waals surface area contributed by atoms with Crippen molar-refractivity contribution in [3.05, 3.63) is 52.8 Å². The highest BCUT2D eigenvalue weighted by molar-refractivity contribution is 7.92. The lowest BCUT2D eigenvalue weighted by Gasteiger charge is -2.36. The molecule has 0 unspecified atom stereocenters. The molecule has 0 bridgehead atoms. The maximum atomic E-state index is 14.9. The standard InChI is InChI=1S/C20H22FNO4S/c1-4-14-9-15-6-5-12(2)22(20(15)18(21)10-14)27(25,26)16-7-8-19(24)17(11-16)13(3)23/h7-12,24H,4-6H2,1-3H3/t12-/m0/s1. The van der Waals surface area contributed by atoms with Gasteiger partial charge in [-0.15, -0.1) is 0 Å². The van der Waals surface area contributed by atoms with E-state index in [0.717, 1.165) is 15.9 Å². The molecule has 27 heavy (non-hydrogen) atoms. The Morgan fingerprint density at radius 2 is 2.00 bits per heavy atom. The average Bonchev–Trinajstić information content (AvgIpc) is 2.61. The summed E-state index contributed by atoms with van der Waals surface area (Å²) in [7, 11) is -4.11. The molecular formula is C20H22FNO4S. The lowest BCUT2D eigenvalue weighted by atomic mass is 9.96. The maximum absolute atomic E-state index is 14.9. The van der Waals surface area contributed by atoms with E-state index in [1.807, 2.05) is 13.0 Å². The van der Waals surface area contributed by atoms with Gasteiger partial charge in [-0.05, 0) is 68.5 Å². The van der Waals surface area contributed by atoms with Crippen molar-refractivity contribution in [2.75, 3.05) is 4.31 Å². The fraction of sp³-hybridized carbons (Fsp3) is 0.350. The van der Waals surface area contributed by atoms with E-state index in [4.69, 9.17) is 0 Å². The van der Waals surface area contributed by atoms with Gasteiger partial charge < -0.3 is 5.11 Å². The normalized spacial score (nSPS) is 16.9. The number of carbonyl (C=O) groups excluding carboxylic acids is 1. The van der Waals surface area contributed by atoms with Crippen LogP contribution >= 0.6 is 0 Å². The quantitative estimate of drug-likeness (QED) is 0.804. The van der Waals surface area contributed by atoms with Crippen LogP contribution in [0.25, 0.3) is 0 Å². The van der Waals surface area contributed by atoms with Crippen molar-refractivity contribution < 1.29 is 22.7 Å². The number of anilines is 1. The van der Waals surface area contributed by atoms with E-state index < -0.39 is 27.7 Å². The highest BCUT2D eigenvalue weighted by atomic mass is 32.2. The molecular weight excluding hydrogens is 369 g/mol. The van der Waals surface area contributed by atoms with Gasteiger partial charge in [0.2, 0.25) is 0 Å². The van der Waals surface area contributed by atoms with Gasteiger partial charge in [0.15, 0.2) is 5.78 Å². The molecule has 1 N–H and O–H groups in total. The number of halogens is 1. The van der Waals surface area contributed by atoms with E-state index in [0.29, 0.717) is 24.8 Å². The summed E-state index contributed by atoms with van der Waals surface area (Å²) >= 11 is 0. The summed E-state index contributed by atoms with van der Waals surface area (Å²) < 4.78 is 42.6. The van der Waals surface area contributed by atoms with E-state index >= 15 is 0 Å². The Labute approximate surface area is 158 Å². The first kappa shape index (κ1) is 19.4. The molecule has 0 spiro atoms. The Kier molecular flexibility index (Phi) is 4.99. The highest BCUT2D eigenvalue weighted by Crippen LogP contribution is 2.38. The number of carbonyl (C=O) groups is 1. The third kappa shape index (κ3) is 3.32. The minimum Gasteiger partial charge on any atom is -0.507 e. The van der Waals surface area contributed by atoms with Crippen LogP contribution in [-0.4, -0.2) is 25.3 Å². The second kappa shape index (κ2) is 6.96. The van der Waals surface area contributed by atoms with Gasteiger partial charge in [-0.1, -0.05) is 13.0 Å². The number of hydrogen-bond acceptors (Lipinski definition) is 4. The zero-order valence-electron chi connectivity index (χ0n) is 15.5. The fourth-order valence-electron chi connectivity index (χ4n) is 3.49. The van der Waals surface area contributed by atoms with Crippen LogP contribution in [0.15, 0.2) is 35.2 Å². The number of ketones is 1. The first-order valence-corrected chi connectivity index (χ1v) is 10.3. The Morgan fingerprint density at radius 3 is 2.63 bits per heavy atom. The molecule has 2 aromatic carbocycles. The number of aromatic hydroxyl groups is 1. The number of phenols is 1. The van der Waals surface area contributed by atoms with Gasteiger partial charge in [-0.2, -0.15) is 0 Å². The molecule has 1 atom stereocenters. The average molecular weight is 391 g/mol. The lowest BCUT2D eigenvalue weighted by molar-refractivity contribution is 0.101. The molecule has 0 amide bonds. The zero-order valence-corrected chi connectivity index (χ0v) is 16.3. The van der Waals surface area contributed by atoms with E-state index in [-0.39, 0.29) is 21.9 Å². The van der Waals surface area contributed by atoms with E-state index in [1.165, 1.54) is 25.1 Å². The number of hydrogen-bond donors (Lipinski definition) is 1. The smallest absolute Gasteiger partial charge is 0.264 e. The molecule has 144 valence electrons. The fourth-order valence-corrected chi connectivity index (χ4v) is 5.25. The van der Waals surface area contributed by atoms with E-state index in [9.17, 15) is 22.7 Å². The topological polar surface area (TPSA) is 74.7 Å². The third-order valence-electron chi connectivity index (χ3n) is 4.97. The summed E-state index contributed by atoms with van der Waals surface area (Å²) in [4.78, 5) is 11.5. The molecule has 0 fully saturated rings. The molecule has 3 rings (SSSR count). The number of rotatable bonds is 4. The summed E-state index contributed by atoms with van der Waals surface area (Å²) in [5.74, 6) is -1.30. The molecule has 1 aliphatic heterocycles. The number of benzene rings is 2. The second-order valence-corrected chi connectivity index (χ2v) is 8.68. The number of sulfonamides is 1. The van der Waals surface area contributed by atoms with Crippen molar-refractivity contribution in [2.45, 2.75) is 51.0 Å². The number of fused-ring (bicyclic) bond motifs is 1. The van der Waals surface area contributed by atoms with Gasteiger partial charge in [-0.25, -0.2) is 12.8 Å². The molecule has 0 radical (unpaired) electrons. The summed E-state index contributed by atoms with van der Waals surface area (Å²) in [5.41, 5.74) is 1.48. The van der Waals surface area contributed by atoms with Gasteiger partial charge in [0.05, 0.1) is 16.1 Å². The first-order valence-electron chi connectivity index (χ1n) is 8.86. The third-order valence-corrected chi connectivity index (χ3v) is 6.88. The highest BCUT2D eigenvalue weighted by Gasteiger charge is 2.36. The summed E-state index contributed by atoms with van der Waals surface area (Å²) in [6.07, 6.45) is 1.82. The Balaban J connectivity index is 2.19. The Hall–Kier alpha value is -2.41. The largest absolute Gasteiger partial charge is 0.507 e. The van der Waals surface area contributed by atoms with Crippen LogP contribution in [0.5, 0.6) is 5.75 Å². The molecule has 0 saturated carbocycles. The van der Waals surface area contributed by atoms with E-state index in [1.54, 1.807) is 6.92 Å². The predicted octanol–water partition coefficient (Wildman–Crippen LogP) is 3.83. The molecule has 2 aromatic rings. The van der Waals surface area contributed by atoms with Crippen molar-refractivity contribution in [1.29, 1.82) is 0 Å². The Bertz CT molecular complexity index is 1020. The van der Waals surface area contributed by atoms with Gasteiger partial charge in [0, 0.05) is 6.04 Å². The van der Waals surface area contributed by atoms with Crippen LogP contribution in [0.3, 0.4) is 0 Å². The number of nitrogens with zero attached hydrogens (tertiary/aromatic N) is 1. The molecule has 1 aliphatic rings. The molecule has 5 nitrogen and oxygen atoms in total. The number of phenolic OH excluding ortho intramolecular Hbond substituents is 1. The molecule has 1 heterocycles. The monoisotopic (exact) mass is 391 g/mol. The van der Waals surface area contributed by atoms with Crippen LogP contribution < -0.4 is 4.31 Å². The van der Waals surface area contributed by atoms with Crippen LogP contribution in [0, 0.1) is 5.82 Å². The minimum absolute atomic E-state index is 0.0726. The van der Waals surface area contributed by atoms with Crippen LogP contribution in [-0.2, 0) is 22.9 Å². The van der Waals surface area contributed by atoms with Crippen molar-refractivity contribution in [3.8, 4) is 5.75 Å². The van der Waals surface area contributed by atoms with Gasteiger partial charge in [-0.3, -0.25) is 9.10 Å². The predicted molar refractivity (Wildman–Crippen MR) is 101 cm³/mol. The Morgan fingerprint density at radius 1 is 1.30 bits per heavy atom. The SMILES string of the molecule is CCc1cc(F)c2c(c1)CC[C@H](C)N2S(=O)(=O)c1ccc(O)c(C(C)=O)c1. The zero-order chi connectivity index (χ0) is 19.9. The van der Waals surface area contributed by atoms with Crippen molar-refractivity contribution in [3.63, 3.8) is 0 Å².